The third-order valence-electron chi connectivity index (χ3n) is 3.45. The highest BCUT2D eigenvalue weighted by molar-refractivity contribution is 5.69. The molecule has 6 heteroatoms. The summed E-state index contributed by atoms with van der Waals surface area (Å²) in [6, 6.07) is 5.00. The summed E-state index contributed by atoms with van der Waals surface area (Å²) >= 11 is 0. The van der Waals surface area contributed by atoms with Crippen LogP contribution in [0.5, 0.6) is 0 Å². The Bertz CT molecular complexity index is 482. The summed E-state index contributed by atoms with van der Waals surface area (Å²) in [5.41, 5.74) is 1.37. The molecule has 0 amide bonds. The lowest BCUT2D eigenvalue weighted by Crippen LogP contribution is -2.44. The summed E-state index contributed by atoms with van der Waals surface area (Å²) in [6.07, 6.45) is 0.806. The molecular formula is C13H17N3O3. The highest BCUT2D eigenvalue weighted by Gasteiger charge is 2.22. The summed E-state index contributed by atoms with van der Waals surface area (Å²) in [5, 5.41) is 11.0. The van der Waals surface area contributed by atoms with E-state index in [1.807, 2.05) is 6.07 Å². The number of anilines is 1. The third-order valence-corrected chi connectivity index (χ3v) is 3.45. The van der Waals surface area contributed by atoms with Crippen molar-refractivity contribution in [1.82, 2.24) is 4.90 Å². The SMILES string of the molecule is CN1CCN(c2cccc([N+](=O)[O-])c2CC=O)CC1. The monoisotopic (exact) mass is 263 g/mol. The largest absolute Gasteiger partial charge is 0.369 e. The number of hydrogen-bond acceptors (Lipinski definition) is 5. The van der Waals surface area contributed by atoms with Crippen molar-refractivity contribution in [2.45, 2.75) is 6.42 Å². The molecule has 1 heterocycles. The molecule has 0 aliphatic carbocycles. The highest BCUT2D eigenvalue weighted by Crippen LogP contribution is 2.30. The Morgan fingerprint density at radius 3 is 2.58 bits per heavy atom. The maximum Gasteiger partial charge on any atom is 0.275 e. The smallest absolute Gasteiger partial charge is 0.275 e. The van der Waals surface area contributed by atoms with Gasteiger partial charge in [0.2, 0.25) is 0 Å². The van der Waals surface area contributed by atoms with Gasteiger partial charge in [-0.3, -0.25) is 10.1 Å². The van der Waals surface area contributed by atoms with Crippen LogP contribution in [-0.4, -0.2) is 49.3 Å². The molecule has 0 N–H and O–H groups in total. The van der Waals surface area contributed by atoms with Gasteiger partial charge >= 0.3 is 0 Å². The lowest BCUT2D eigenvalue weighted by Gasteiger charge is -2.34. The van der Waals surface area contributed by atoms with Crippen LogP contribution in [0.4, 0.5) is 11.4 Å². The Balaban J connectivity index is 2.35. The quantitative estimate of drug-likeness (QED) is 0.462. The van der Waals surface area contributed by atoms with Crippen molar-refractivity contribution < 1.29 is 9.72 Å². The van der Waals surface area contributed by atoms with E-state index in [2.05, 4.69) is 16.8 Å². The normalized spacial score (nSPS) is 16.4. The molecule has 1 aromatic rings. The second-order valence-corrected chi connectivity index (χ2v) is 4.69. The molecule has 0 spiro atoms. The number of hydrogen-bond donors (Lipinski definition) is 0. The first-order valence-electron chi connectivity index (χ1n) is 6.27. The first-order valence-corrected chi connectivity index (χ1v) is 6.27. The molecule has 0 saturated carbocycles. The van der Waals surface area contributed by atoms with Crippen LogP contribution in [0.2, 0.25) is 0 Å². The van der Waals surface area contributed by atoms with Crippen molar-refractivity contribution in [2.75, 3.05) is 38.1 Å². The van der Waals surface area contributed by atoms with Crippen molar-refractivity contribution in [3.05, 3.63) is 33.9 Å². The van der Waals surface area contributed by atoms with E-state index in [1.54, 1.807) is 6.07 Å². The predicted octanol–water partition coefficient (Wildman–Crippen LogP) is 1.09. The van der Waals surface area contributed by atoms with E-state index in [4.69, 9.17) is 0 Å². The minimum absolute atomic E-state index is 0.0310. The van der Waals surface area contributed by atoms with Gasteiger partial charge in [0, 0.05) is 44.4 Å². The molecule has 2 rings (SSSR count). The van der Waals surface area contributed by atoms with Crippen LogP contribution in [0, 0.1) is 10.1 Å². The number of benzene rings is 1. The Hall–Kier alpha value is -1.95. The van der Waals surface area contributed by atoms with E-state index in [0.29, 0.717) is 5.56 Å². The molecule has 1 aliphatic rings. The van der Waals surface area contributed by atoms with Crippen molar-refractivity contribution >= 4 is 17.7 Å². The number of nitro benzene ring substituents is 1. The zero-order valence-electron chi connectivity index (χ0n) is 10.9. The van der Waals surface area contributed by atoms with Crippen LogP contribution in [0.25, 0.3) is 0 Å². The van der Waals surface area contributed by atoms with E-state index in [9.17, 15) is 14.9 Å². The van der Waals surface area contributed by atoms with Crippen molar-refractivity contribution in [3.8, 4) is 0 Å². The average molecular weight is 263 g/mol. The molecule has 1 aromatic carbocycles. The Kier molecular flexibility index (Phi) is 4.11. The number of nitro groups is 1. The van der Waals surface area contributed by atoms with Gasteiger partial charge in [-0.2, -0.15) is 0 Å². The van der Waals surface area contributed by atoms with Crippen LogP contribution >= 0.6 is 0 Å². The maximum absolute atomic E-state index is 11.0. The average Bonchev–Trinajstić information content (AvgIpc) is 2.40. The number of nitrogens with zero attached hydrogens (tertiary/aromatic N) is 3. The molecule has 1 aliphatic heterocycles. The van der Waals surface area contributed by atoms with E-state index in [0.717, 1.165) is 38.2 Å². The highest BCUT2D eigenvalue weighted by atomic mass is 16.6. The molecule has 0 unspecified atom stereocenters. The first kappa shape index (κ1) is 13.5. The summed E-state index contributed by atoms with van der Waals surface area (Å²) < 4.78 is 0. The number of carbonyl (C=O) groups is 1. The zero-order chi connectivity index (χ0) is 13.8. The summed E-state index contributed by atoms with van der Waals surface area (Å²) in [6.45, 7) is 3.49. The molecule has 0 aromatic heterocycles. The predicted molar refractivity (Wildman–Crippen MR) is 72.6 cm³/mol. The van der Waals surface area contributed by atoms with Crippen LogP contribution in [0.1, 0.15) is 5.56 Å². The fourth-order valence-electron chi connectivity index (χ4n) is 2.37. The Morgan fingerprint density at radius 2 is 2.00 bits per heavy atom. The topological polar surface area (TPSA) is 66.7 Å². The summed E-state index contributed by atoms with van der Waals surface area (Å²) in [4.78, 5) is 25.7. The number of likely N-dealkylation sites (N-methyl/N-ethyl adjacent to an activating group) is 1. The second-order valence-electron chi connectivity index (χ2n) is 4.69. The number of piperazine rings is 1. The third kappa shape index (κ3) is 2.90. The molecule has 102 valence electrons. The van der Waals surface area contributed by atoms with Gasteiger partial charge in [0.25, 0.3) is 5.69 Å². The van der Waals surface area contributed by atoms with Gasteiger partial charge in [-0.25, -0.2) is 0 Å². The van der Waals surface area contributed by atoms with E-state index in [1.165, 1.54) is 6.07 Å². The van der Waals surface area contributed by atoms with Gasteiger partial charge in [-0.05, 0) is 13.1 Å². The summed E-state index contributed by atoms with van der Waals surface area (Å²) in [5.74, 6) is 0. The molecule has 1 fully saturated rings. The number of rotatable bonds is 4. The standard InChI is InChI=1S/C13H17N3O3/c1-14-6-8-15(9-7-14)12-3-2-4-13(16(18)19)11(12)5-10-17/h2-4,10H,5-9H2,1H3. The first-order chi connectivity index (χ1) is 9.13. The molecule has 19 heavy (non-hydrogen) atoms. The van der Waals surface area contributed by atoms with E-state index < -0.39 is 4.92 Å². The molecule has 1 saturated heterocycles. The minimum Gasteiger partial charge on any atom is -0.369 e. The van der Waals surface area contributed by atoms with E-state index in [-0.39, 0.29) is 12.1 Å². The van der Waals surface area contributed by atoms with E-state index >= 15 is 0 Å². The Morgan fingerprint density at radius 1 is 1.32 bits per heavy atom. The second kappa shape index (κ2) is 5.79. The molecule has 0 bridgehead atoms. The number of carbonyl (C=O) groups excluding carboxylic acids is 1. The van der Waals surface area contributed by atoms with Crippen LogP contribution in [0.15, 0.2) is 18.2 Å². The maximum atomic E-state index is 11.0. The number of aldehydes is 1. The van der Waals surface area contributed by atoms with Gasteiger partial charge in [0.1, 0.15) is 6.29 Å². The van der Waals surface area contributed by atoms with Crippen LogP contribution in [-0.2, 0) is 11.2 Å². The lowest BCUT2D eigenvalue weighted by atomic mass is 10.1. The van der Waals surface area contributed by atoms with Gasteiger partial charge < -0.3 is 14.6 Å². The van der Waals surface area contributed by atoms with Crippen LogP contribution < -0.4 is 4.90 Å². The molecule has 6 nitrogen and oxygen atoms in total. The van der Waals surface area contributed by atoms with Crippen molar-refractivity contribution in [1.29, 1.82) is 0 Å². The molecule has 0 atom stereocenters. The minimum atomic E-state index is -0.418. The molecular weight excluding hydrogens is 246 g/mol. The fourth-order valence-corrected chi connectivity index (χ4v) is 2.37. The van der Waals surface area contributed by atoms with Gasteiger partial charge in [0.05, 0.1) is 10.5 Å². The molecule has 0 radical (unpaired) electrons. The fraction of sp³-hybridized carbons (Fsp3) is 0.462. The van der Waals surface area contributed by atoms with Gasteiger partial charge in [-0.15, -0.1) is 0 Å². The summed E-state index contributed by atoms with van der Waals surface area (Å²) in [7, 11) is 2.05. The zero-order valence-corrected chi connectivity index (χ0v) is 10.9. The van der Waals surface area contributed by atoms with Gasteiger partial charge in [0.15, 0.2) is 0 Å². The van der Waals surface area contributed by atoms with Crippen LogP contribution in [0.3, 0.4) is 0 Å². The van der Waals surface area contributed by atoms with Crippen molar-refractivity contribution in [2.24, 2.45) is 0 Å². The van der Waals surface area contributed by atoms with Crippen molar-refractivity contribution in [3.63, 3.8) is 0 Å². The van der Waals surface area contributed by atoms with Gasteiger partial charge in [-0.1, -0.05) is 6.07 Å². The lowest BCUT2D eigenvalue weighted by molar-refractivity contribution is -0.385. The Labute approximate surface area is 111 Å².